The molecule has 1 saturated heterocycles. The maximum atomic E-state index is 14.6. The maximum Gasteiger partial charge on any atom is 0.149 e. The van der Waals surface area contributed by atoms with E-state index >= 15 is 0 Å². The van der Waals surface area contributed by atoms with Crippen LogP contribution in [0.2, 0.25) is 0 Å². The monoisotopic (exact) mass is 416 g/mol. The van der Waals surface area contributed by atoms with Gasteiger partial charge in [-0.3, -0.25) is 5.10 Å². The van der Waals surface area contributed by atoms with Crippen LogP contribution in [0.25, 0.3) is 17.3 Å². The number of benzene rings is 2. The van der Waals surface area contributed by atoms with Gasteiger partial charge >= 0.3 is 0 Å². The molecule has 0 saturated carbocycles. The highest BCUT2D eigenvalue weighted by Crippen LogP contribution is 2.28. The maximum absolute atomic E-state index is 14.6. The Labute approximate surface area is 180 Å². The van der Waals surface area contributed by atoms with Gasteiger partial charge in [0.15, 0.2) is 0 Å². The predicted molar refractivity (Wildman–Crippen MR) is 122 cm³/mol. The van der Waals surface area contributed by atoms with Crippen LogP contribution in [0.3, 0.4) is 0 Å². The summed E-state index contributed by atoms with van der Waals surface area (Å²) in [6.45, 7) is 10.0. The van der Waals surface area contributed by atoms with Gasteiger partial charge in [-0.15, -0.1) is 0 Å². The summed E-state index contributed by atoms with van der Waals surface area (Å²) in [5, 5.41) is 15.4. The number of nitrogens with one attached hydrogen (secondary N) is 1. The number of fused-ring (bicyclic) bond motifs is 1. The fourth-order valence-corrected chi connectivity index (χ4v) is 4.14. The van der Waals surface area contributed by atoms with Crippen molar-refractivity contribution in [2.45, 2.75) is 6.92 Å². The SMILES string of the molecule is C=C1C=c2[nH]nc(-c3cccc(N4CCN(C)CC4)c3)c2=NN1c1c(C)cccc1F. The Hall–Kier alpha value is -3.45. The van der Waals surface area contributed by atoms with Crippen LogP contribution in [0.4, 0.5) is 15.8 Å². The number of hydrogen-bond acceptors (Lipinski definition) is 5. The minimum atomic E-state index is -0.330. The van der Waals surface area contributed by atoms with Crippen LogP contribution in [0.1, 0.15) is 5.56 Å². The first-order chi connectivity index (χ1) is 15.0. The van der Waals surface area contributed by atoms with Crippen molar-refractivity contribution in [1.29, 1.82) is 0 Å². The third kappa shape index (κ3) is 3.51. The molecular weight excluding hydrogens is 391 g/mol. The van der Waals surface area contributed by atoms with Crippen molar-refractivity contribution in [3.05, 3.63) is 76.8 Å². The number of H-pyrrole nitrogens is 1. The molecule has 31 heavy (non-hydrogen) atoms. The van der Waals surface area contributed by atoms with Gasteiger partial charge in [0.1, 0.15) is 22.6 Å². The molecule has 0 amide bonds. The van der Waals surface area contributed by atoms with E-state index in [0.717, 1.165) is 48.3 Å². The fourth-order valence-electron chi connectivity index (χ4n) is 4.14. The normalized spacial score (nSPS) is 16.7. The standard InChI is InChI=1S/C24H25FN6/c1-16-6-4-9-20(25)24(16)31-17(2)14-21-23(28-31)22(27-26-21)18-7-5-8-19(15-18)30-12-10-29(3)11-13-30/h4-9,14-15,26H,2,10-13H2,1,3H3. The Bertz CT molecular complexity index is 1250. The molecule has 0 bridgehead atoms. The van der Waals surface area contributed by atoms with Gasteiger partial charge in [0.25, 0.3) is 0 Å². The van der Waals surface area contributed by atoms with Crippen LogP contribution < -0.4 is 20.6 Å². The number of aromatic amines is 1. The molecule has 0 aliphatic carbocycles. The summed E-state index contributed by atoms with van der Waals surface area (Å²) in [6.07, 6.45) is 1.86. The predicted octanol–water partition coefficient (Wildman–Crippen LogP) is 2.63. The van der Waals surface area contributed by atoms with Gasteiger partial charge in [-0.25, -0.2) is 9.40 Å². The van der Waals surface area contributed by atoms with E-state index in [2.05, 4.69) is 45.8 Å². The molecule has 3 heterocycles. The molecular formula is C24H25FN6. The summed E-state index contributed by atoms with van der Waals surface area (Å²) in [4.78, 5) is 4.73. The van der Waals surface area contributed by atoms with E-state index in [9.17, 15) is 4.39 Å². The van der Waals surface area contributed by atoms with E-state index in [1.54, 1.807) is 11.1 Å². The Kier molecular flexibility index (Phi) is 4.82. The molecule has 7 heteroatoms. The van der Waals surface area contributed by atoms with Gasteiger partial charge in [-0.2, -0.15) is 10.2 Å². The number of likely N-dealkylation sites (N-methyl/N-ethyl adjacent to an activating group) is 1. The number of aryl methyl sites for hydroxylation is 1. The lowest BCUT2D eigenvalue weighted by Crippen LogP contribution is -2.44. The summed E-state index contributed by atoms with van der Waals surface area (Å²) in [5.41, 5.74) is 4.68. The molecule has 1 fully saturated rings. The van der Waals surface area contributed by atoms with E-state index in [1.165, 1.54) is 11.8 Å². The molecule has 3 aromatic rings. The van der Waals surface area contributed by atoms with Crippen LogP contribution in [0, 0.1) is 12.7 Å². The average Bonchev–Trinajstić information content (AvgIpc) is 3.17. The van der Waals surface area contributed by atoms with E-state index in [0.29, 0.717) is 16.7 Å². The molecule has 2 aliphatic heterocycles. The Balaban J connectivity index is 1.57. The minimum Gasteiger partial charge on any atom is -0.369 e. The van der Waals surface area contributed by atoms with Gasteiger partial charge in [0.2, 0.25) is 0 Å². The number of aromatic nitrogens is 2. The smallest absolute Gasteiger partial charge is 0.149 e. The average molecular weight is 417 g/mol. The summed E-state index contributed by atoms with van der Waals surface area (Å²) < 4.78 is 14.6. The second-order valence-electron chi connectivity index (χ2n) is 8.13. The first-order valence-corrected chi connectivity index (χ1v) is 10.4. The highest BCUT2D eigenvalue weighted by Gasteiger charge is 2.21. The zero-order chi connectivity index (χ0) is 21.5. The molecule has 0 radical (unpaired) electrons. The molecule has 0 unspecified atom stereocenters. The highest BCUT2D eigenvalue weighted by molar-refractivity contribution is 5.69. The Morgan fingerprint density at radius 1 is 1.06 bits per heavy atom. The number of piperazine rings is 1. The van der Waals surface area contributed by atoms with E-state index < -0.39 is 0 Å². The Morgan fingerprint density at radius 3 is 2.61 bits per heavy atom. The molecule has 158 valence electrons. The van der Waals surface area contributed by atoms with Crippen molar-refractivity contribution < 1.29 is 4.39 Å². The van der Waals surface area contributed by atoms with Gasteiger partial charge in [-0.05, 0) is 43.8 Å². The minimum absolute atomic E-state index is 0.330. The Morgan fingerprint density at radius 2 is 1.84 bits per heavy atom. The van der Waals surface area contributed by atoms with Gasteiger partial charge in [0, 0.05) is 37.4 Å². The first-order valence-electron chi connectivity index (χ1n) is 10.4. The lowest BCUT2D eigenvalue weighted by molar-refractivity contribution is 0.313. The molecule has 6 nitrogen and oxygen atoms in total. The van der Waals surface area contributed by atoms with Crippen LogP contribution in [0.15, 0.2) is 59.8 Å². The van der Waals surface area contributed by atoms with Crippen molar-refractivity contribution in [2.24, 2.45) is 5.10 Å². The van der Waals surface area contributed by atoms with Crippen LogP contribution in [-0.2, 0) is 0 Å². The van der Waals surface area contributed by atoms with Crippen molar-refractivity contribution >= 4 is 17.5 Å². The summed E-state index contributed by atoms with van der Waals surface area (Å²) in [7, 11) is 2.15. The number of hydrogen-bond donors (Lipinski definition) is 1. The number of allylic oxidation sites excluding steroid dienone is 1. The molecule has 0 atom stereocenters. The highest BCUT2D eigenvalue weighted by atomic mass is 19.1. The van der Waals surface area contributed by atoms with Crippen LogP contribution in [0.5, 0.6) is 0 Å². The lowest BCUT2D eigenvalue weighted by atomic mass is 10.1. The van der Waals surface area contributed by atoms with Crippen molar-refractivity contribution in [3.63, 3.8) is 0 Å². The van der Waals surface area contributed by atoms with E-state index in [1.807, 2.05) is 31.2 Å². The lowest BCUT2D eigenvalue weighted by Gasteiger charge is -2.34. The topological polar surface area (TPSA) is 50.8 Å². The largest absolute Gasteiger partial charge is 0.369 e. The third-order valence-electron chi connectivity index (χ3n) is 5.94. The molecule has 0 spiro atoms. The quantitative estimate of drug-likeness (QED) is 0.713. The van der Waals surface area contributed by atoms with Gasteiger partial charge in [-0.1, -0.05) is 30.8 Å². The first kappa shape index (κ1) is 19.5. The molecule has 1 N–H and O–H groups in total. The molecule has 1 aromatic heterocycles. The summed E-state index contributed by atoms with van der Waals surface area (Å²) >= 11 is 0. The number of nitrogens with zero attached hydrogens (tertiary/aromatic N) is 5. The summed E-state index contributed by atoms with van der Waals surface area (Å²) in [5.74, 6) is -0.330. The van der Waals surface area contributed by atoms with Crippen molar-refractivity contribution in [3.8, 4) is 11.3 Å². The summed E-state index contributed by atoms with van der Waals surface area (Å²) in [6, 6.07) is 13.4. The number of halogens is 1. The molecule has 2 aliphatic rings. The zero-order valence-corrected chi connectivity index (χ0v) is 17.8. The van der Waals surface area contributed by atoms with Gasteiger partial charge in [0.05, 0.1) is 11.0 Å². The van der Waals surface area contributed by atoms with Crippen molar-refractivity contribution in [2.75, 3.05) is 43.1 Å². The molecule has 2 aromatic carbocycles. The molecule has 5 rings (SSSR count). The van der Waals surface area contributed by atoms with E-state index in [-0.39, 0.29) is 5.82 Å². The third-order valence-corrected chi connectivity index (χ3v) is 5.94. The number of rotatable bonds is 3. The van der Waals surface area contributed by atoms with E-state index in [4.69, 9.17) is 5.10 Å². The van der Waals surface area contributed by atoms with Crippen molar-refractivity contribution in [1.82, 2.24) is 15.1 Å². The van der Waals surface area contributed by atoms with Gasteiger partial charge < -0.3 is 9.80 Å². The number of anilines is 2. The zero-order valence-electron chi connectivity index (χ0n) is 17.8. The van der Waals surface area contributed by atoms with Crippen LogP contribution >= 0.6 is 0 Å². The second kappa shape index (κ2) is 7.67. The second-order valence-corrected chi connectivity index (χ2v) is 8.13. The fraction of sp³-hybridized carbons (Fsp3) is 0.250. The number of para-hydroxylation sites is 1. The van der Waals surface area contributed by atoms with Crippen LogP contribution in [-0.4, -0.2) is 48.3 Å².